The summed E-state index contributed by atoms with van der Waals surface area (Å²) in [6.07, 6.45) is -1.71. The molecule has 26 heavy (non-hydrogen) atoms. The zero-order valence-electron chi connectivity index (χ0n) is 14.4. The van der Waals surface area contributed by atoms with Crippen molar-refractivity contribution in [3.05, 3.63) is 59.2 Å². The van der Waals surface area contributed by atoms with Crippen molar-refractivity contribution in [2.75, 3.05) is 21.3 Å². The number of methoxy groups -OCH3 is 3. The number of carbonyl (C=O) groups excluding carboxylic acids is 1. The van der Waals surface area contributed by atoms with Crippen molar-refractivity contribution in [2.24, 2.45) is 0 Å². The summed E-state index contributed by atoms with van der Waals surface area (Å²) in [6, 6.07) is 7.60. The molecule has 0 aliphatic rings. The second-order valence-electron chi connectivity index (χ2n) is 5.20. The van der Waals surface area contributed by atoms with Crippen LogP contribution in [-0.2, 0) is 6.18 Å². The van der Waals surface area contributed by atoms with Gasteiger partial charge in [0.1, 0.15) is 0 Å². The van der Waals surface area contributed by atoms with E-state index in [1.807, 2.05) is 0 Å². The molecule has 0 aliphatic carbocycles. The van der Waals surface area contributed by atoms with Gasteiger partial charge in [-0.1, -0.05) is 18.2 Å². The van der Waals surface area contributed by atoms with Crippen LogP contribution in [0, 0.1) is 0 Å². The van der Waals surface area contributed by atoms with Crippen LogP contribution in [-0.4, -0.2) is 27.1 Å². The Kier molecular flexibility index (Phi) is 5.92. The van der Waals surface area contributed by atoms with Crippen molar-refractivity contribution in [1.29, 1.82) is 0 Å². The number of hydrogen-bond donors (Lipinski definition) is 0. The Morgan fingerprint density at radius 3 is 2.00 bits per heavy atom. The van der Waals surface area contributed by atoms with Crippen molar-refractivity contribution in [3.63, 3.8) is 0 Å². The molecule has 0 amide bonds. The molecule has 138 valence electrons. The van der Waals surface area contributed by atoms with E-state index < -0.39 is 11.7 Å². The first-order chi connectivity index (χ1) is 12.3. The third-order valence-electron chi connectivity index (χ3n) is 3.63. The molecule has 0 aliphatic heterocycles. The second-order valence-corrected chi connectivity index (χ2v) is 5.20. The van der Waals surface area contributed by atoms with Gasteiger partial charge in [-0.15, -0.1) is 0 Å². The third-order valence-corrected chi connectivity index (χ3v) is 3.63. The molecule has 0 N–H and O–H groups in total. The first-order valence-electron chi connectivity index (χ1n) is 7.50. The zero-order valence-corrected chi connectivity index (χ0v) is 14.4. The summed E-state index contributed by atoms with van der Waals surface area (Å²) < 4.78 is 53.3. The molecular weight excluding hydrogens is 349 g/mol. The molecule has 2 aromatic carbocycles. The molecule has 2 aromatic rings. The quantitative estimate of drug-likeness (QED) is 0.552. The van der Waals surface area contributed by atoms with Crippen LogP contribution in [0.3, 0.4) is 0 Å². The minimum Gasteiger partial charge on any atom is -0.493 e. The van der Waals surface area contributed by atoms with Gasteiger partial charge in [-0.05, 0) is 35.9 Å². The summed E-state index contributed by atoms with van der Waals surface area (Å²) in [4.78, 5) is 12.4. The number of allylic oxidation sites excluding steroid dienone is 1. The molecule has 7 heteroatoms. The van der Waals surface area contributed by atoms with Crippen LogP contribution in [0.4, 0.5) is 13.2 Å². The monoisotopic (exact) mass is 366 g/mol. The van der Waals surface area contributed by atoms with E-state index in [-0.39, 0.29) is 22.8 Å². The van der Waals surface area contributed by atoms with Gasteiger partial charge in [0, 0.05) is 0 Å². The molecule has 0 radical (unpaired) electrons. The van der Waals surface area contributed by atoms with Gasteiger partial charge in [-0.25, -0.2) is 0 Å². The smallest absolute Gasteiger partial charge is 0.416 e. The van der Waals surface area contributed by atoms with Crippen LogP contribution < -0.4 is 14.2 Å². The van der Waals surface area contributed by atoms with Gasteiger partial charge >= 0.3 is 6.18 Å². The summed E-state index contributed by atoms with van der Waals surface area (Å²) in [7, 11) is 4.28. The van der Waals surface area contributed by atoms with Crippen LogP contribution in [0.1, 0.15) is 21.5 Å². The van der Waals surface area contributed by atoms with Gasteiger partial charge in [0.15, 0.2) is 17.3 Å². The highest BCUT2D eigenvalue weighted by molar-refractivity contribution is 6.09. The Bertz CT molecular complexity index is 809. The SMILES string of the molecule is COc1ccc(C(=O)/C=C/c2ccc(C(F)(F)F)cc2)c(OC)c1OC. The van der Waals surface area contributed by atoms with Gasteiger partial charge in [-0.2, -0.15) is 13.2 Å². The van der Waals surface area contributed by atoms with Crippen LogP contribution in [0.2, 0.25) is 0 Å². The molecule has 0 bridgehead atoms. The topological polar surface area (TPSA) is 44.8 Å². The molecule has 4 nitrogen and oxygen atoms in total. The van der Waals surface area contributed by atoms with E-state index in [0.29, 0.717) is 11.3 Å². The molecule has 0 aromatic heterocycles. The fourth-order valence-electron chi connectivity index (χ4n) is 2.34. The average Bonchev–Trinajstić information content (AvgIpc) is 2.64. The van der Waals surface area contributed by atoms with Crippen molar-refractivity contribution in [2.45, 2.75) is 6.18 Å². The lowest BCUT2D eigenvalue weighted by Crippen LogP contribution is -2.04. The molecular formula is C19H17F3O4. The molecule has 0 atom stereocenters. The van der Waals surface area contributed by atoms with E-state index >= 15 is 0 Å². The first kappa shape index (κ1) is 19.4. The minimum absolute atomic E-state index is 0.217. The third kappa shape index (κ3) is 4.17. The second kappa shape index (κ2) is 7.95. The fraction of sp³-hybridized carbons (Fsp3) is 0.211. The Morgan fingerprint density at radius 1 is 0.885 bits per heavy atom. The Balaban J connectivity index is 2.28. The van der Waals surface area contributed by atoms with Crippen LogP contribution >= 0.6 is 0 Å². The number of ketones is 1. The lowest BCUT2D eigenvalue weighted by Gasteiger charge is -2.14. The van der Waals surface area contributed by atoms with Gasteiger partial charge < -0.3 is 14.2 Å². The van der Waals surface area contributed by atoms with Crippen molar-refractivity contribution >= 4 is 11.9 Å². The highest BCUT2D eigenvalue weighted by Crippen LogP contribution is 2.40. The van der Waals surface area contributed by atoms with E-state index in [4.69, 9.17) is 14.2 Å². The largest absolute Gasteiger partial charge is 0.493 e. The predicted molar refractivity (Wildman–Crippen MR) is 90.9 cm³/mol. The number of halogens is 3. The molecule has 0 fully saturated rings. The molecule has 0 heterocycles. The van der Waals surface area contributed by atoms with Crippen LogP contribution in [0.5, 0.6) is 17.2 Å². The standard InChI is InChI=1S/C19H17F3O4/c1-24-16-11-9-14(17(25-2)18(16)26-3)15(23)10-6-12-4-7-13(8-5-12)19(20,21)22/h4-11H,1-3H3/b10-6+. The summed E-state index contributed by atoms with van der Waals surface area (Å²) >= 11 is 0. The Hall–Kier alpha value is -2.96. The van der Waals surface area contributed by atoms with E-state index in [0.717, 1.165) is 12.1 Å². The van der Waals surface area contributed by atoms with Crippen molar-refractivity contribution < 1.29 is 32.2 Å². The van der Waals surface area contributed by atoms with Gasteiger partial charge in [0.05, 0.1) is 32.5 Å². The van der Waals surface area contributed by atoms with Gasteiger partial charge in [0.2, 0.25) is 5.75 Å². The highest BCUT2D eigenvalue weighted by Gasteiger charge is 2.29. The van der Waals surface area contributed by atoms with Crippen molar-refractivity contribution in [1.82, 2.24) is 0 Å². The number of alkyl halides is 3. The Labute approximate surface area is 148 Å². The maximum Gasteiger partial charge on any atom is 0.416 e. The number of carbonyl (C=O) groups is 1. The lowest BCUT2D eigenvalue weighted by atomic mass is 10.1. The zero-order chi connectivity index (χ0) is 19.3. The molecule has 0 unspecified atom stereocenters. The number of ether oxygens (including phenoxy) is 3. The number of benzene rings is 2. The molecule has 0 saturated carbocycles. The number of rotatable bonds is 6. The summed E-state index contributed by atoms with van der Waals surface area (Å²) in [6.45, 7) is 0. The molecule has 0 saturated heterocycles. The maximum atomic E-state index is 12.6. The predicted octanol–water partition coefficient (Wildman–Crippen LogP) is 4.63. The maximum absolute atomic E-state index is 12.6. The van der Waals surface area contributed by atoms with Crippen LogP contribution in [0.25, 0.3) is 6.08 Å². The van der Waals surface area contributed by atoms with Crippen molar-refractivity contribution in [3.8, 4) is 17.2 Å². The average molecular weight is 366 g/mol. The molecule has 2 rings (SSSR count). The summed E-state index contributed by atoms with van der Waals surface area (Å²) in [5.74, 6) is 0.521. The molecule has 0 spiro atoms. The first-order valence-corrected chi connectivity index (χ1v) is 7.50. The van der Waals surface area contributed by atoms with E-state index in [9.17, 15) is 18.0 Å². The van der Waals surface area contributed by atoms with E-state index in [2.05, 4.69) is 0 Å². The normalized spacial score (nSPS) is 11.5. The summed E-state index contributed by atoms with van der Waals surface area (Å²) in [5, 5.41) is 0. The highest BCUT2D eigenvalue weighted by atomic mass is 19.4. The van der Waals surface area contributed by atoms with Gasteiger partial charge in [0.25, 0.3) is 0 Å². The number of hydrogen-bond acceptors (Lipinski definition) is 4. The Morgan fingerprint density at radius 2 is 1.50 bits per heavy atom. The van der Waals surface area contributed by atoms with E-state index in [1.165, 1.54) is 51.7 Å². The van der Waals surface area contributed by atoms with Gasteiger partial charge in [-0.3, -0.25) is 4.79 Å². The fourth-order valence-corrected chi connectivity index (χ4v) is 2.34. The lowest BCUT2D eigenvalue weighted by molar-refractivity contribution is -0.137. The minimum atomic E-state index is -4.40. The van der Waals surface area contributed by atoms with E-state index in [1.54, 1.807) is 6.07 Å². The van der Waals surface area contributed by atoms with Crippen LogP contribution in [0.15, 0.2) is 42.5 Å². The summed E-state index contributed by atoms with van der Waals surface area (Å²) in [5.41, 5.74) is -0.0401.